The molecular weight excluding hydrogens is 266 g/mol. The molecule has 1 aromatic heterocycles. The molecule has 114 valence electrons. The Bertz CT molecular complexity index is 398. The van der Waals surface area contributed by atoms with E-state index in [1.165, 1.54) is 54.4 Å². The summed E-state index contributed by atoms with van der Waals surface area (Å²) in [6, 6.07) is 0.772. The molecule has 20 heavy (non-hydrogen) atoms. The monoisotopic (exact) mass is 295 g/mol. The Morgan fingerprint density at radius 2 is 2.05 bits per heavy atom. The first-order valence-electron chi connectivity index (χ1n) is 8.26. The standard InChI is InChI=1S/C16H29N3S/c1-4-7-11-19(13-9-10-13)16-18-14(8-5-2)15(20-16)12-17-6-3/h13,17H,4-12H2,1-3H3. The van der Waals surface area contributed by atoms with Crippen LogP contribution in [0.4, 0.5) is 5.13 Å². The number of thiazole rings is 1. The van der Waals surface area contributed by atoms with Crippen LogP contribution >= 0.6 is 11.3 Å². The predicted octanol–water partition coefficient (Wildman–Crippen LogP) is 3.97. The SMILES string of the molecule is CCCCN(c1nc(CCC)c(CNCC)s1)C1CC1. The van der Waals surface area contributed by atoms with Gasteiger partial charge in [-0.15, -0.1) is 11.3 Å². The van der Waals surface area contributed by atoms with Gasteiger partial charge in [-0.3, -0.25) is 0 Å². The molecule has 0 aliphatic heterocycles. The molecule has 0 saturated heterocycles. The molecule has 1 aliphatic carbocycles. The van der Waals surface area contributed by atoms with Crippen LogP contribution in [0.3, 0.4) is 0 Å². The van der Waals surface area contributed by atoms with E-state index in [0.717, 1.165) is 25.6 Å². The average molecular weight is 295 g/mol. The van der Waals surface area contributed by atoms with E-state index in [9.17, 15) is 0 Å². The molecule has 1 aliphatic rings. The van der Waals surface area contributed by atoms with Crippen molar-refractivity contribution in [3.8, 4) is 0 Å². The van der Waals surface area contributed by atoms with Crippen molar-refractivity contribution in [3.05, 3.63) is 10.6 Å². The molecule has 0 radical (unpaired) electrons. The Balaban J connectivity index is 2.11. The fourth-order valence-electron chi connectivity index (χ4n) is 2.45. The highest BCUT2D eigenvalue weighted by atomic mass is 32.1. The molecule has 0 atom stereocenters. The summed E-state index contributed by atoms with van der Waals surface area (Å²) in [6.45, 7) is 9.87. The quantitative estimate of drug-likeness (QED) is 0.708. The summed E-state index contributed by atoms with van der Waals surface area (Å²) in [5.74, 6) is 0. The Hall–Kier alpha value is -0.610. The number of nitrogens with one attached hydrogen (secondary N) is 1. The molecule has 4 heteroatoms. The lowest BCUT2D eigenvalue weighted by Gasteiger charge is -2.20. The van der Waals surface area contributed by atoms with Gasteiger partial charge in [0, 0.05) is 24.0 Å². The Kier molecular flexibility index (Phi) is 6.30. The van der Waals surface area contributed by atoms with Crippen LogP contribution in [0.25, 0.3) is 0 Å². The molecule has 0 spiro atoms. The number of rotatable bonds is 10. The van der Waals surface area contributed by atoms with Crippen molar-refractivity contribution in [2.45, 2.75) is 71.9 Å². The average Bonchev–Trinajstić information content (AvgIpc) is 3.20. The number of unbranched alkanes of at least 4 members (excludes halogenated alkanes) is 1. The third-order valence-corrected chi connectivity index (χ3v) is 4.91. The fraction of sp³-hybridized carbons (Fsp3) is 0.812. The molecule has 1 fully saturated rings. The van der Waals surface area contributed by atoms with Gasteiger partial charge in [0.15, 0.2) is 5.13 Å². The fourth-order valence-corrected chi connectivity index (χ4v) is 3.62. The Labute approximate surface area is 127 Å². The minimum absolute atomic E-state index is 0.772. The largest absolute Gasteiger partial charge is 0.345 e. The second-order valence-corrected chi connectivity index (χ2v) is 6.74. The maximum Gasteiger partial charge on any atom is 0.186 e. The zero-order chi connectivity index (χ0) is 14.4. The van der Waals surface area contributed by atoms with E-state index in [-0.39, 0.29) is 0 Å². The minimum atomic E-state index is 0.772. The normalized spacial score (nSPS) is 14.8. The van der Waals surface area contributed by atoms with Crippen molar-refractivity contribution in [3.63, 3.8) is 0 Å². The van der Waals surface area contributed by atoms with Crippen molar-refractivity contribution in [1.29, 1.82) is 0 Å². The van der Waals surface area contributed by atoms with Gasteiger partial charge in [-0.1, -0.05) is 33.6 Å². The number of nitrogens with zero attached hydrogens (tertiary/aromatic N) is 2. The first kappa shape index (κ1) is 15.8. The summed E-state index contributed by atoms with van der Waals surface area (Å²) in [6.07, 6.45) is 7.55. The highest BCUT2D eigenvalue weighted by Crippen LogP contribution is 2.36. The summed E-state index contributed by atoms with van der Waals surface area (Å²) in [7, 11) is 0. The van der Waals surface area contributed by atoms with E-state index in [2.05, 4.69) is 31.0 Å². The van der Waals surface area contributed by atoms with E-state index in [1.807, 2.05) is 11.3 Å². The molecule has 2 rings (SSSR count). The van der Waals surface area contributed by atoms with E-state index in [1.54, 1.807) is 0 Å². The maximum atomic E-state index is 4.97. The Morgan fingerprint density at radius 3 is 2.65 bits per heavy atom. The molecular formula is C16H29N3S. The van der Waals surface area contributed by atoms with Crippen LogP contribution < -0.4 is 10.2 Å². The zero-order valence-electron chi connectivity index (χ0n) is 13.2. The summed E-state index contributed by atoms with van der Waals surface area (Å²) < 4.78 is 0. The van der Waals surface area contributed by atoms with Gasteiger partial charge in [-0.25, -0.2) is 4.98 Å². The third kappa shape index (κ3) is 4.19. The molecule has 0 amide bonds. The van der Waals surface area contributed by atoms with Gasteiger partial charge in [0.25, 0.3) is 0 Å². The van der Waals surface area contributed by atoms with E-state index in [0.29, 0.717) is 0 Å². The molecule has 3 nitrogen and oxygen atoms in total. The third-order valence-electron chi connectivity index (χ3n) is 3.78. The topological polar surface area (TPSA) is 28.2 Å². The molecule has 0 unspecified atom stereocenters. The number of hydrogen-bond donors (Lipinski definition) is 1. The van der Waals surface area contributed by atoms with Crippen LogP contribution in [0.15, 0.2) is 0 Å². The van der Waals surface area contributed by atoms with Gasteiger partial charge in [0.2, 0.25) is 0 Å². The van der Waals surface area contributed by atoms with Crippen LogP contribution in [0.5, 0.6) is 0 Å². The van der Waals surface area contributed by atoms with Crippen molar-refractivity contribution in [1.82, 2.24) is 10.3 Å². The first-order valence-corrected chi connectivity index (χ1v) is 9.07. The number of aryl methyl sites for hydroxylation is 1. The number of anilines is 1. The first-order chi connectivity index (χ1) is 9.80. The molecule has 0 aromatic carbocycles. The molecule has 1 aromatic rings. The van der Waals surface area contributed by atoms with Gasteiger partial charge in [-0.2, -0.15) is 0 Å². The van der Waals surface area contributed by atoms with Gasteiger partial charge >= 0.3 is 0 Å². The van der Waals surface area contributed by atoms with E-state index >= 15 is 0 Å². The predicted molar refractivity (Wildman–Crippen MR) is 88.8 cm³/mol. The van der Waals surface area contributed by atoms with Gasteiger partial charge in [-0.05, 0) is 32.2 Å². The number of hydrogen-bond acceptors (Lipinski definition) is 4. The molecule has 1 saturated carbocycles. The highest BCUT2D eigenvalue weighted by Gasteiger charge is 2.31. The van der Waals surface area contributed by atoms with Crippen molar-refractivity contribution < 1.29 is 0 Å². The number of aromatic nitrogens is 1. The van der Waals surface area contributed by atoms with Crippen molar-refractivity contribution in [2.24, 2.45) is 0 Å². The molecule has 1 N–H and O–H groups in total. The summed E-state index contributed by atoms with van der Waals surface area (Å²) in [5.41, 5.74) is 1.33. The summed E-state index contributed by atoms with van der Waals surface area (Å²) in [5, 5.41) is 4.73. The van der Waals surface area contributed by atoms with Crippen LogP contribution in [-0.4, -0.2) is 24.1 Å². The van der Waals surface area contributed by atoms with Crippen molar-refractivity contribution in [2.75, 3.05) is 18.0 Å². The highest BCUT2D eigenvalue weighted by molar-refractivity contribution is 7.15. The summed E-state index contributed by atoms with van der Waals surface area (Å²) in [4.78, 5) is 8.99. The van der Waals surface area contributed by atoms with Crippen LogP contribution in [0.1, 0.15) is 63.4 Å². The summed E-state index contributed by atoms with van der Waals surface area (Å²) >= 11 is 1.92. The van der Waals surface area contributed by atoms with Crippen LogP contribution in [0.2, 0.25) is 0 Å². The zero-order valence-corrected chi connectivity index (χ0v) is 14.1. The van der Waals surface area contributed by atoms with Gasteiger partial charge < -0.3 is 10.2 Å². The van der Waals surface area contributed by atoms with Crippen molar-refractivity contribution >= 4 is 16.5 Å². The second-order valence-electron chi connectivity index (χ2n) is 5.67. The molecule has 1 heterocycles. The van der Waals surface area contributed by atoms with Gasteiger partial charge in [0.05, 0.1) is 5.69 Å². The lowest BCUT2D eigenvalue weighted by molar-refractivity contribution is 0.706. The minimum Gasteiger partial charge on any atom is -0.345 e. The lowest BCUT2D eigenvalue weighted by atomic mass is 10.2. The Morgan fingerprint density at radius 1 is 1.25 bits per heavy atom. The van der Waals surface area contributed by atoms with Crippen LogP contribution in [0, 0.1) is 0 Å². The van der Waals surface area contributed by atoms with E-state index < -0.39 is 0 Å². The maximum absolute atomic E-state index is 4.97. The van der Waals surface area contributed by atoms with E-state index in [4.69, 9.17) is 4.98 Å². The smallest absolute Gasteiger partial charge is 0.186 e. The van der Waals surface area contributed by atoms with Crippen LogP contribution in [-0.2, 0) is 13.0 Å². The lowest BCUT2D eigenvalue weighted by Crippen LogP contribution is -2.26. The van der Waals surface area contributed by atoms with Gasteiger partial charge in [0.1, 0.15) is 0 Å². The molecule has 0 bridgehead atoms. The second kappa shape index (κ2) is 7.99.